The quantitative estimate of drug-likeness (QED) is 0.819. The molecule has 3 nitrogen and oxygen atoms in total. The number of hydrogen-bond acceptors (Lipinski definition) is 3. The minimum absolute atomic E-state index is 0. The van der Waals surface area contributed by atoms with Crippen LogP contribution in [0.25, 0.3) is 0 Å². The van der Waals surface area contributed by atoms with E-state index in [1.807, 2.05) is 36.4 Å². The second-order valence-electron chi connectivity index (χ2n) is 3.13. The molecule has 0 amide bonds. The van der Waals surface area contributed by atoms with Gasteiger partial charge < -0.3 is 4.74 Å². The summed E-state index contributed by atoms with van der Waals surface area (Å²) < 4.78 is 5.48. The zero-order valence-electron chi connectivity index (χ0n) is 8.74. The van der Waals surface area contributed by atoms with Crippen LogP contribution in [0.15, 0.2) is 48.8 Å². The van der Waals surface area contributed by atoms with Crippen molar-refractivity contribution in [3.05, 3.63) is 60.2 Å². The highest BCUT2D eigenvalue weighted by Crippen LogP contribution is 2.00. The molecule has 16 heavy (non-hydrogen) atoms. The monoisotopic (exact) mass is 236 g/mol. The topological polar surface area (TPSA) is 35.0 Å². The summed E-state index contributed by atoms with van der Waals surface area (Å²) in [5.41, 5.74) is 1.88. The van der Waals surface area contributed by atoms with E-state index in [9.17, 15) is 0 Å². The van der Waals surface area contributed by atoms with Gasteiger partial charge in [0, 0.05) is 12.4 Å². The maximum absolute atomic E-state index is 5.48. The number of rotatable bonds is 4. The van der Waals surface area contributed by atoms with Gasteiger partial charge in [-0.3, -0.25) is 9.97 Å². The number of aromatic nitrogens is 2. The van der Waals surface area contributed by atoms with Crippen LogP contribution in [0.2, 0.25) is 0 Å². The highest BCUT2D eigenvalue weighted by Gasteiger charge is 1.95. The first-order chi connectivity index (χ1) is 7.45. The molecule has 0 atom stereocenters. The van der Waals surface area contributed by atoms with Crippen molar-refractivity contribution in [1.82, 2.24) is 9.97 Å². The number of nitrogens with zero attached hydrogens (tertiary/aromatic N) is 2. The molecule has 0 N–H and O–H groups in total. The number of halogens is 1. The fourth-order valence-electron chi connectivity index (χ4n) is 1.23. The summed E-state index contributed by atoms with van der Waals surface area (Å²) in [6.45, 7) is 1.05. The molecule has 4 heteroatoms. The van der Waals surface area contributed by atoms with Crippen molar-refractivity contribution in [3.8, 4) is 0 Å². The molecule has 0 unspecified atom stereocenters. The van der Waals surface area contributed by atoms with Gasteiger partial charge in [-0.05, 0) is 24.3 Å². The normalized spacial score (nSPS) is 9.50. The SMILES string of the molecule is Cl.c1ccc(COCc2ccccn2)nc1. The maximum Gasteiger partial charge on any atom is 0.0893 e. The summed E-state index contributed by atoms with van der Waals surface area (Å²) in [6, 6.07) is 11.6. The van der Waals surface area contributed by atoms with Crippen molar-refractivity contribution in [2.24, 2.45) is 0 Å². The largest absolute Gasteiger partial charge is 0.369 e. The zero-order valence-corrected chi connectivity index (χ0v) is 9.56. The van der Waals surface area contributed by atoms with Crippen molar-refractivity contribution in [2.75, 3.05) is 0 Å². The Labute approximate surface area is 101 Å². The van der Waals surface area contributed by atoms with Gasteiger partial charge in [0.1, 0.15) is 0 Å². The van der Waals surface area contributed by atoms with Gasteiger partial charge in [-0.15, -0.1) is 12.4 Å². The second-order valence-corrected chi connectivity index (χ2v) is 3.13. The van der Waals surface area contributed by atoms with Crippen LogP contribution in [0.1, 0.15) is 11.4 Å². The Kier molecular flexibility index (Phi) is 5.46. The molecule has 2 heterocycles. The standard InChI is InChI=1S/C12H12N2O.ClH/c1-3-7-13-11(5-1)9-15-10-12-6-2-4-8-14-12;/h1-8H,9-10H2;1H. The molecule has 2 aromatic rings. The predicted molar refractivity (Wildman–Crippen MR) is 64.2 cm³/mol. The van der Waals surface area contributed by atoms with E-state index < -0.39 is 0 Å². The number of ether oxygens (including phenoxy) is 1. The third kappa shape index (κ3) is 3.96. The Morgan fingerprint density at radius 1 is 0.812 bits per heavy atom. The first kappa shape index (κ1) is 12.6. The smallest absolute Gasteiger partial charge is 0.0893 e. The summed E-state index contributed by atoms with van der Waals surface area (Å²) in [5, 5.41) is 0. The Morgan fingerprint density at radius 2 is 1.31 bits per heavy atom. The third-order valence-electron chi connectivity index (χ3n) is 1.95. The van der Waals surface area contributed by atoms with E-state index in [2.05, 4.69) is 9.97 Å². The zero-order chi connectivity index (χ0) is 10.3. The molecule has 0 fully saturated rings. The first-order valence-corrected chi connectivity index (χ1v) is 4.83. The third-order valence-corrected chi connectivity index (χ3v) is 1.95. The molecule has 2 aromatic heterocycles. The predicted octanol–water partition coefficient (Wildman–Crippen LogP) is 2.62. The molecule has 0 bridgehead atoms. The van der Waals surface area contributed by atoms with Crippen molar-refractivity contribution in [1.29, 1.82) is 0 Å². The molecular weight excluding hydrogens is 224 g/mol. The van der Waals surface area contributed by atoms with E-state index in [0.29, 0.717) is 13.2 Å². The molecule has 0 aliphatic carbocycles. The molecule has 0 aliphatic heterocycles. The highest BCUT2D eigenvalue weighted by atomic mass is 35.5. The lowest BCUT2D eigenvalue weighted by atomic mass is 10.3. The summed E-state index contributed by atoms with van der Waals surface area (Å²) in [7, 11) is 0. The van der Waals surface area contributed by atoms with Gasteiger partial charge in [0.2, 0.25) is 0 Å². The molecule has 0 radical (unpaired) electrons. The Bertz CT molecular complexity index is 355. The van der Waals surface area contributed by atoms with Crippen LogP contribution in [-0.2, 0) is 18.0 Å². The van der Waals surface area contributed by atoms with Gasteiger partial charge in [0.25, 0.3) is 0 Å². The van der Waals surface area contributed by atoms with Gasteiger partial charge >= 0.3 is 0 Å². The molecular formula is C12H13ClN2O. The lowest BCUT2D eigenvalue weighted by Crippen LogP contribution is -1.97. The first-order valence-electron chi connectivity index (χ1n) is 4.83. The van der Waals surface area contributed by atoms with Crippen LogP contribution in [0.4, 0.5) is 0 Å². The van der Waals surface area contributed by atoms with Crippen molar-refractivity contribution < 1.29 is 4.74 Å². The summed E-state index contributed by atoms with van der Waals surface area (Å²) in [6.07, 6.45) is 3.53. The summed E-state index contributed by atoms with van der Waals surface area (Å²) >= 11 is 0. The van der Waals surface area contributed by atoms with Crippen molar-refractivity contribution in [2.45, 2.75) is 13.2 Å². The summed E-state index contributed by atoms with van der Waals surface area (Å²) in [5.74, 6) is 0. The van der Waals surface area contributed by atoms with Crippen LogP contribution >= 0.6 is 12.4 Å². The minimum atomic E-state index is 0. The van der Waals surface area contributed by atoms with Gasteiger partial charge in [0.15, 0.2) is 0 Å². The number of hydrogen-bond donors (Lipinski definition) is 0. The van der Waals surface area contributed by atoms with E-state index in [0.717, 1.165) is 11.4 Å². The molecule has 0 saturated heterocycles. The van der Waals surface area contributed by atoms with Crippen molar-refractivity contribution >= 4 is 12.4 Å². The number of pyridine rings is 2. The average molecular weight is 237 g/mol. The lowest BCUT2D eigenvalue weighted by Gasteiger charge is -2.02. The average Bonchev–Trinajstić information content (AvgIpc) is 2.32. The molecule has 84 valence electrons. The van der Waals surface area contributed by atoms with E-state index in [1.165, 1.54) is 0 Å². The highest BCUT2D eigenvalue weighted by molar-refractivity contribution is 5.85. The van der Waals surface area contributed by atoms with E-state index in [1.54, 1.807) is 12.4 Å². The Morgan fingerprint density at radius 3 is 1.69 bits per heavy atom. The molecule has 0 saturated carbocycles. The maximum atomic E-state index is 5.48. The van der Waals surface area contributed by atoms with Crippen LogP contribution in [-0.4, -0.2) is 9.97 Å². The van der Waals surface area contributed by atoms with Crippen LogP contribution in [0, 0.1) is 0 Å². The van der Waals surface area contributed by atoms with Crippen molar-refractivity contribution in [3.63, 3.8) is 0 Å². The molecule has 0 aromatic carbocycles. The van der Waals surface area contributed by atoms with Crippen LogP contribution in [0.5, 0.6) is 0 Å². The van der Waals surface area contributed by atoms with Gasteiger partial charge in [-0.1, -0.05) is 12.1 Å². The Hall–Kier alpha value is -1.45. The van der Waals surface area contributed by atoms with E-state index >= 15 is 0 Å². The Balaban J connectivity index is 0.00000128. The molecule has 2 rings (SSSR count). The van der Waals surface area contributed by atoms with Gasteiger partial charge in [-0.25, -0.2) is 0 Å². The van der Waals surface area contributed by atoms with Gasteiger partial charge in [0.05, 0.1) is 24.6 Å². The fraction of sp³-hybridized carbons (Fsp3) is 0.167. The molecule has 0 spiro atoms. The van der Waals surface area contributed by atoms with E-state index in [-0.39, 0.29) is 12.4 Å². The lowest BCUT2D eigenvalue weighted by molar-refractivity contribution is 0.102. The van der Waals surface area contributed by atoms with Crippen LogP contribution in [0.3, 0.4) is 0 Å². The van der Waals surface area contributed by atoms with Crippen LogP contribution < -0.4 is 0 Å². The summed E-state index contributed by atoms with van der Waals surface area (Å²) in [4.78, 5) is 8.33. The van der Waals surface area contributed by atoms with E-state index in [4.69, 9.17) is 4.74 Å². The fourth-order valence-corrected chi connectivity index (χ4v) is 1.23. The minimum Gasteiger partial charge on any atom is -0.369 e. The molecule has 0 aliphatic rings. The second kappa shape index (κ2) is 6.93. The van der Waals surface area contributed by atoms with Gasteiger partial charge in [-0.2, -0.15) is 0 Å².